The van der Waals surface area contributed by atoms with Crippen LogP contribution in [0, 0.1) is 6.92 Å². The van der Waals surface area contributed by atoms with Gasteiger partial charge in [0, 0.05) is 13.1 Å². The summed E-state index contributed by atoms with van der Waals surface area (Å²) in [4.78, 5) is 49.8. The quantitative estimate of drug-likeness (QED) is 0.574. The first-order chi connectivity index (χ1) is 13.9. The number of carbonyl (C=O) groups is 4. The van der Waals surface area contributed by atoms with Gasteiger partial charge in [-0.1, -0.05) is 42.0 Å². The number of ether oxygens (including phenoxy) is 1. The second-order valence-corrected chi connectivity index (χ2v) is 6.89. The second-order valence-electron chi connectivity index (χ2n) is 6.89. The van der Waals surface area contributed by atoms with Crippen molar-refractivity contribution < 1.29 is 23.9 Å². The summed E-state index contributed by atoms with van der Waals surface area (Å²) in [7, 11) is 0. The molecule has 1 N–H and O–H groups in total. The first-order valence-electron chi connectivity index (χ1n) is 9.35. The van der Waals surface area contributed by atoms with E-state index in [0.29, 0.717) is 17.7 Å². The van der Waals surface area contributed by atoms with Crippen molar-refractivity contribution in [2.24, 2.45) is 0 Å². The van der Waals surface area contributed by atoms with E-state index in [-0.39, 0.29) is 13.0 Å². The smallest absolute Gasteiger partial charge is 0.308 e. The van der Waals surface area contributed by atoms with Crippen LogP contribution in [0.3, 0.4) is 0 Å². The van der Waals surface area contributed by atoms with Crippen molar-refractivity contribution in [3.63, 3.8) is 0 Å². The van der Waals surface area contributed by atoms with Crippen LogP contribution in [0.1, 0.15) is 45.2 Å². The molecule has 3 amide bonds. The van der Waals surface area contributed by atoms with Crippen molar-refractivity contribution in [3.8, 4) is 0 Å². The van der Waals surface area contributed by atoms with Gasteiger partial charge < -0.3 is 10.1 Å². The van der Waals surface area contributed by atoms with Gasteiger partial charge in [-0.3, -0.25) is 24.1 Å². The lowest BCUT2D eigenvalue weighted by Crippen LogP contribution is -2.37. The number of fused-ring (bicyclic) bond motifs is 1. The highest BCUT2D eigenvalue weighted by atomic mass is 16.5. The van der Waals surface area contributed by atoms with E-state index >= 15 is 0 Å². The van der Waals surface area contributed by atoms with Gasteiger partial charge in [-0.25, -0.2) is 0 Å². The predicted octanol–water partition coefficient (Wildman–Crippen LogP) is 2.23. The van der Waals surface area contributed by atoms with E-state index in [2.05, 4.69) is 5.32 Å². The minimum absolute atomic E-state index is 0.0944. The van der Waals surface area contributed by atoms with Crippen LogP contribution in [-0.2, 0) is 20.9 Å². The van der Waals surface area contributed by atoms with Crippen molar-refractivity contribution in [1.82, 2.24) is 10.2 Å². The fourth-order valence-electron chi connectivity index (χ4n) is 2.99. The topological polar surface area (TPSA) is 92.8 Å². The van der Waals surface area contributed by atoms with Crippen molar-refractivity contribution >= 4 is 23.7 Å². The molecule has 1 aliphatic rings. The third-order valence-corrected chi connectivity index (χ3v) is 4.68. The zero-order valence-corrected chi connectivity index (χ0v) is 16.3. The van der Waals surface area contributed by atoms with Gasteiger partial charge in [-0.2, -0.15) is 0 Å². The number of nitrogens with one attached hydrogen (secondary N) is 1. The predicted molar refractivity (Wildman–Crippen MR) is 105 cm³/mol. The van der Waals surface area contributed by atoms with Gasteiger partial charge in [-0.05, 0) is 31.5 Å². The number of nitrogens with zero attached hydrogens (tertiary/aromatic N) is 1. The highest BCUT2D eigenvalue weighted by Gasteiger charge is 2.35. The molecule has 7 heteroatoms. The molecule has 2 aromatic carbocycles. The fourth-order valence-corrected chi connectivity index (χ4v) is 2.99. The fraction of sp³-hybridized carbons (Fsp3) is 0.273. The van der Waals surface area contributed by atoms with Gasteiger partial charge in [0.2, 0.25) is 0 Å². The molecule has 0 saturated carbocycles. The highest BCUT2D eigenvalue weighted by Crippen LogP contribution is 2.22. The molecule has 3 rings (SSSR count). The molecule has 0 unspecified atom stereocenters. The van der Waals surface area contributed by atoms with Gasteiger partial charge in [0.15, 0.2) is 6.10 Å². The molecular formula is C22H22N2O5. The minimum atomic E-state index is -0.977. The Balaban J connectivity index is 1.45. The molecule has 150 valence electrons. The van der Waals surface area contributed by atoms with Crippen molar-refractivity contribution in [2.45, 2.75) is 32.9 Å². The molecule has 0 radical (unpaired) electrons. The Morgan fingerprint density at radius 3 is 2.17 bits per heavy atom. The maximum Gasteiger partial charge on any atom is 0.308 e. The standard InChI is InChI=1S/C22H22N2O5/c1-14-7-9-16(10-8-14)13-23-20(26)15(2)29-19(25)11-12-24-21(27)17-5-3-4-6-18(17)22(24)28/h3-10,15H,11-13H2,1-2H3,(H,23,26)/t15-/m1/s1. The average Bonchev–Trinajstić information content (AvgIpc) is 2.96. The van der Waals surface area contributed by atoms with Gasteiger partial charge in [0.05, 0.1) is 17.5 Å². The summed E-state index contributed by atoms with van der Waals surface area (Å²) < 4.78 is 5.13. The van der Waals surface area contributed by atoms with Crippen LogP contribution in [0.25, 0.3) is 0 Å². The normalized spacial score (nSPS) is 13.8. The molecule has 0 aliphatic carbocycles. The lowest BCUT2D eigenvalue weighted by molar-refractivity contribution is -0.154. The molecule has 0 aromatic heterocycles. The van der Waals surface area contributed by atoms with E-state index in [4.69, 9.17) is 4.74 Å². The molecule has 0 fully saturated rings. The first kappa shape index (κ1) is 20.3. The van der Waals surface area contributed by atoms with Crippen molar-refractivity contribution in [1.29, 1.82) is 0 Å². The van der Waals surface area contributed by atoms with E-state index in [9.17, 15) is 19.2 Å². The zero-order chi connectivity index (χ0) is 21.0. The summed E-state index contributed by atoms with van der Waals surface area (Å²) in [6.07, 6.45) is -1.16. The summed E-state index contributed by atoms with van der Waals surface area (Å²) in [6.45, 7) is 3.69. The molecule has 29 heavy (non-hydrogen) atoms. The Labute approximate surface area is 168 Å². The van der Waals surface area contributed by atoms with Crippen LogP contribution < -0.4 is 5.32 Å². The molecule has 1 heterocycles. The maximum absolute atomic E-state index is 12.3. The maximum atomic E-state index is 12.3. The zero-order valence-electron chi connectivity index (χ0n) is 16.3. The van der Waals surface area contributed by atoms with Crippen LogP contribution in [0.15, 0.2) is 48.5 Å². The van der Waals surface area contributed by atoms with Crippen molar-refractivity contribution in [3.05, 3.63) is 70.8 Å². The number of hydrogen-bond donors (Lipinski definition) is 1. The molecule has 0 spiro atoms. The summed E-state index contributed by atoms with van der Waals surface area (Å²) in [6, 6.07) is 14.2. The number of esters is 1. The third kappa shape index (κ3) is 4.68. The first-order valence-corrected chi connectivity index (χ1v) is 9.35. The molecule has 0 saturated heterocycles. The van der Waals surface area contributed by atoms with Gasteiger partial charge in [0.25, 0.3) is 17.7 Å². The second kappa shape index (κ2) is 8.68. The summed E-state index contributed by atoms with van der Waals surface area (Å²) >= 11 is 0. The number of benzene rings is 2. The molecule has 7 nitrogen and oxygen atoms in total. The number of imide groups is 1. The largest absolute Gasteiger partial charge is 0.452 e. The summed E-state index contributed by atoms with van der Waals surface area (Å²) in [5.74, 6) is -1.93. The number of amides is 3. The molecule has 1 atom stereocenters. The summed E-state index contributed by atoms with van der Waals surface area (Å²) in [5.41, 5.74) is 2.72. The lowest BCUT2D eigenvalue weighted by atomic mass is 10.1. The van der Waals surface area contributed by atoms with E-state index in [0.717, 1.165) is 16.0 Å². The Bertz CT molecular complexity index is 917. The van der Waals surface area contributed by atoms with E-state index in [1.807, 2.05) is 31.2 Å². The number of hydrogen-bond acceptors (Lipinski definition) is 5. The van der Waals surface area contributed by atoms with Gasteiger partial charge >= 0.3 is 5.97 Å². The van der Waals surface area contributed by atoms with Crippen LogP contribution in [0.5, 0.6) is 0 Å². The molecular weight excluding hydrogens is 372 g/mol. The lowest BCUT2D eigenvalue weighted by Gasteiger charge is -2.16. The highest BCUT2D eigenvalue weighted by molar-refractivity contribution is 6.21. The average molecular weight is 394 g/mol. The van der Waals surface area contributed by atoms with Crippen LogP contribution in [0.2, 0.25) is 0 Å². The number of rotatable bonds is 7. The van der Waals surface area contributed by atoms with E-state index in [1.54, 1.807) is 24.3 Å². The van der Waals surface area contributed by atoms with Crippen LogP contribution in [-0.4, -0.2) is 41.2 Å². The Morgan fingerprint density at radius 1 is 1.00 bits per heavy atom. The monoisotopic (exact) mass is 394 g/mol. The minimum Gasteiger partial charge on any atom is -0.452 e. The van der Waals surface area contributed by atoms with Crippen LogP contribution in [0.4, 0.5) is 0 Å². The number of carbonyl (C=O) groups excluding carboxylic acids is 4. The SMILES string of the molecule is Cc1ccc(CNC(=O)[C@@H](C)OC(=O)CCN2C(=O)c3ccccc3C2=O)cc1. The molecule has 2 aromatic rings. The van der Waals surface area contributed by atoms with Gasteiger partial charge in [-0.15, -0.1) is 0 Å². The Hall–Kier alpha value is -3.48. The third-order valence-electron chi connectivity index (χ3n) is 4.68. The molecule has 1 aliphatic heterocycles. The van der Waals surface area contributed by atoms with Gasteiger partial charge in [0.1, 0.15) is 0 Å². The van der Waals surface area contributed by atoms with Crippen molar-refractivity contribution in [2.75, 3.05) is 6.54 Å². The van der Waals surface area contributed by atoms with E-state index < -0.39 is 29.8 Å². The Kier molecular flexibility index (Phi) is 6.07. The van der Waals surface area contributed by atoms with Crippen LogP contribution >= 0.6 is 0 Å². The number of aryl methyl sites for hydroxylation is 1. The molecule has 0 bridgehead atoms. The Morgan fingerprint density at radius 2 is 1.59 bits per heavy atom. The van der Waals surface area contributed by atoms with E-state index in [1.165, 1.54) is 6.92 Å². The summed E-state index contributed by atoms with van der Waals surface area (Å²) in [5, 5.41) is 2.71.